The molecule has 0 radical (unpaired) electrons. The minimum absolute atomic E-state index is 0.00728. The van der Waals surface area contributed by atoms with Crippen molar-refractivity contribution in [3.05, 3.63) is 75.7 Å². The van der Waals surface area contributed by atoms with Crippen LogP contribution in [0.3, 0.4) is 0 Å². The monoisotopic (exact) mass is 372 g/mol. The summed E-state index contributed by atoms with van der Waals surface area (Å²) >= 11 is 5.78. The first-order chi connectivity index (χ1) is 12.5. The summed E-state index contributed by atoms with van der Waals surface area (Å²) < 4.78 is 10.3. The van der Waals surface area contributed by atoms with Gasteiger partial charge in [-0.05, 0) is 30.3 Å². The molecule has 0 aliphatic carbocycles. The zero-order chi connectivity index (χ0) is 18.7. The number of aromatic nitrogens is 2. The third-order valence-electron chi connectivity index (χ3n) is 3.63. The first-order valence-electron chi connectivity index (χ1n) is 7.53. The molecule has 0 atom stereocenters. The molecule has 1 heterocycles. The van der Waals surface area contributed by atoms with Gasteiger partial charge in [0.1, 0.15) is 12.1 Å². The zero-order valence-corrected chi connectivity index (χ0v) is 14.4. The predicted molar refractivity (Wildman–Crippen MR) is 92.6 cm³/mol. The molecule has 3 aromatic rings. The van der Waals surface area contributed by atoms with E-state index in [-0.39, 0.29) is 29.1 Å². The first-order valence-corrected chi connectivity index (χ1v) is 7.91. The minimum atomic E-state index is -0.865. The van der Waals surface area contributed by atoms with Crippen molar-refractivity contribution in [2.75, 3.05) is 7.11 Å². The summed E-state index contributed by atoms with van der Waals surface area (Å²) in [5.74, 6) is -1.50. The highest BCUT2D eigenvalue weighted by molar-refractivity contribution is 6.30. The Balaban J connectivity index is 1.94. The summed E-state index contributed by atoms with van der Waals surface area (Å²) in [4.78, 5) is 28.4. The fourth-order valence-corrected chi connectivity index (χ4v) is 2.49. The van der Waals surface area contributed by atoms with Crippen molar-refractivity contribution in [1.29, 1.82) is 0 Å². The number of nitrogens with zero attached hydrogens (tertiary/aromatic N) is 2. The van der Waals surface area contributed by atoms with Gasteiger partial charge >= 0.3 is 17.6 Å². The molecule has 0 bridgehead atoms. The van der Waals surface area contributed by atoms with Crippen LogP contribution in [0.25, 0.3) is 11.0 Å². The fourth-order valence-electron chi connectivity index (χ4n) is 2.37. The summed E-state index contributed by atoms with van der Waals surface area (Å²) in [7, 11) is 1.15. The molecular weight excluding hydrogens is 360 g/mol. The van der Waals surface area contributed by atoms with Crippen molar-refractivity contribution < 1.29 is 23.8 Å². The van der Waals surface area contributed by atoms with E-state index in [0.29, 0.717) is 15.3 Å². The number of carbonyl (C=O) groups is 2. The Labute approximate surface area is 153 Å². The van der Waals surface area contributed by atoms with Gasteiger partial charge in [-0.3, -0.25) is 0 Å². The van der Waals surface area contributed by atoms with Crippen LogP contribution in [0.2, 0.25) is 5.02 Å². The van der Waals surface area contributed by atoms with Crippen molar-refractivity contribution in [3.8, 4) is 0 Å². The highest BCUT2D eigenvalue weighted by atomic mass is 35.5. The van der Waals surface area contributed by atoms with Crippen molar-refractivity contribution >= 4 is 34.6 Å². The van der Waals surface area contributed by atoms with E-state index in [2.05, 4.69) is 9.72 Å². The molecule has 0 saturated carbocycles. The third-order valence-corrected chi connectivity index (χ3v) is 3.88. The average molecular weight is 373 g/mol. The molecule has 0 unspecified atom stereocenters. The van der Waals surface area contributed by atoms with Crippen molar-refractivity contribution in [2.45, 2.75) is 6.61 Å². The van der Waals surface area contributed by atoms with E-state index in [9.17, 15) is 14.8 Å². The lowest BCUT2D eigenvalue weighted by Gasteiger charge is -2.11. The number of benzene rings is 2. The standard InChI is InChI=1S/C18H13ClN2O5/c1-25-18(23)16-14(20-13-4-2-3-5-15(13)21(16)24)10-26-17(22)11-6-8-12(19)9-7-11/h2-9H,10H2,1H3. The maximum atomic E-state index is 12.5. The van der Waals surface area contributed by atoms with Gasteiger partial charge < -0.3 is 14.7 Å². The molecule has 26 heavy (non-hydrogen) atoms. The molecule has 0 saturated heterocycles. The lowest BCUT2D eigenvalue weighted by molar-refractivity contribution is -0.581. The minimum Gasteiger partial charge on any atom is -0.618 e. The van der Waals surface area contributed by atoms with Gasteiger partial charge in [-0.1, -0.05) is 23.7 Å². The summed E-state index contributed by atoms with van der Waals surface area (Å²) in [6.07, 6.45) is 0. The van der Waals surface area contributed by atoms with E-state index in [1.807, 2.05) is 0 Å². The van der Waals surface area contributed by atoms with Crippen molar-refractivity contribution in [1.82, 2.24) is 4.98 Å². The first kappa shape index (κ1) is 17.6. The van der Waals surface area contributed by atoms with E-state index in [0.717, 1.165) is 7.11 Å². The Morgan fingerprint density at radius 3 is 2.50 bits per heavy atom. The highest BCUT2D eigenvalue weighted by Gasteiger charge is 2.27. The second kappa shape index (κ2) is 7.37. The van der Waals surface area contributed by atoms with Gasteiger partial charge in [-0.2, -0.15) is 4.73 Å². The predicted octanol–water partition coefficient (Wildman–Crippen LogP) is 2.67. The van der Waals surface area contributed by atoms with Crippen LogP contribution in [0, 0.1) is 5.21 Å². The fraction of sp³-hybridized carbons (Fsp3) is 0.111. The molecule has 7 nitrogen and oxygen atoms in total. The molecular formula is C18H13ClN2O5. The van der Waals surface area contributed by atoms with Crippen LogP contribution in [-0.4, -0.2) is 24.0 Å². The van der Waals surface area contributed by atoms with Gasteiger partial charge in [0.05, 0.1) is 12.7 Å². The van der Waals surface area contributed by atoms with E-state index < -0.39 is 11.9 Å². The van der Waals surface area contributed by atoms with Crippen LogP contribution in [-0.2, 0) is 16.1 Å². The van der Waals surface area contributed by atoms with Gasteiger partial charge in [-0.15, -0.1) is 0 Å². The number of methoxy groups -OCH3 is 1. The van der Waals surface area contributed by atoms with E-state index in [1.165, 1.54) is 18.2 Å². The molecule has 0 spiro atoms. The number of carbonyl (C=O) groups excluding carboxylic acids is 2. The Morgan fingerprint density at radius 1 is 1.12 bits per heavy atom. The SMILES string of the molecule is COC(=O)c1c(COC(=O)c2ccc(Cl)cc2)nc2ccccc2[n+]1[O-]. The number of hydrogen-bond donors (Lipinski definition) is 0. The summed E-state index contributed by atoms with van der Waals surface area (Å²) in [6, 6.07) is 12.6. The maximum absolute atomic E-state index is 12.5. The van der Waals surface area contributed by atoms with Gasteiger partial charge in [0.25, 0.3) is 0 Å². The number of halogens is 1. The lowest BCUT2D eigenvalue weighted by Crippen LogP contribution is -2.38. The van der Waals surface area contributed by atoms with Gasteiger partial charge in [0, 0.05) is 11.1 Å². The van der Waals surface area contributed by atoms with E-state index in [1.54, 1.807) is 30.3 Å². The molecule has 3 rings (SSSR count). The Bertz CT molecular complexity index is 989. The summed E-state index contributed by atoms with van der Waals surface area (Å²) in [5, 5.41) is 13.0. The van der Waals surface area contributed by atoms with Gasteiger partial charge in [0.15, 0.2) is 5.69 Å². The zero-order valence-electron chi connectivity index (χ0n) is 13.6. The van der Waals surface area contributed by atoms with Gasteiger partial charge in [0.2, 0.25) is 5.52 Å². The number of hydrogen-bond acceptors (Lipinski definition) is 6. The summed E-state index contributed by atoms with van der Waals surface area (Å²) in [5.41, 5.74) is 0.543. The van der Waals surface area contributed by atoms with Crippen molar-refractivity contribution in [2.24, 2.45) is 0 Å². The van der Waals surface area contributed by atoms with Gasteiger partial charge in [-0.25, -0.2) is 14.6 Å². The molecule has 132 valence electrons. The Kier molecular flexibility index (Phi) is 4.99. The van der Waals surface area contributed by atoms with E-state index in [4.69, 9.17) is 16.3 Å². The molecule has 2 aromatic carbocycles. The number of ether oxygens (including phenoxy) is 2. The normalized spacial score (nSPS) is 10.5. The van der Waals surface area contributed by atoms with Crippen LogP contribution in [0.15, 0.2) is 48.5 Å². The maximum Gasteiger partial charge on any atom is 0.406 e. The quantitative estimate of drug-likeness (QED) is 0.397. The number of esters is 2. The van der Waals surface area contributed by atoms with Crippen LogP contribution in [0.1, 0.15) is 26.5 Å². The Morgan fingerprint density at radius 2 is 1.81 bits per heavy atom. The highest BCUT2D eigenvalue weighted by Crippen LogP contribution is 2.15. The molecule has 0 amide bonds. The molecule has 8 heteroatoms. The second-order valence-corrected chi connectivity index (χ2v) is 5.70. The molecule has 0 aliphatic rings. The smallest absolute Gasteiger partial charge is 0.406 e. The van der Waals surface area contributed by atoms with E-state index >= 15 is 0 Å². The number of para-hydroxylation sites is 2. The van der Waals surface area contributed by atoms with Crippen molar-refractivity contribution in [3.63, 3.8) is 0 Å². The lowest BCUT2D eigenvalue weighted by atomic mass is 10.2. The molecule has 1 aromatic heterocycles. The average Bonchev–Trinajstić information content (AvgIpc) is 2.66. The molecule has 0 N–H and O–H groups in total. The number of rotatable bonds is 4. The van der Waals surface area contributed by atoms with Crippen LogP contribution in [0.4, 0.5) is 0 Å². The largest absolute Gasteiger partial charge is 0.618 e. The van der Waals surface area contributed by atoms with Crippen LogP contribution < -0.4 is 4.73 Å². The number of fused-ring (bicyclic) bond motifs is 1. The Hall–Kier alpha value is -3.19. The van der Waals surface area contributed by atoms with Crippen LogP contribution >= 0.6 is 11.6 Å². The topological polar surface area (TPSA) is 92.4 Å². The van der Waals surface area contributed by atoms with Crippen LogP contribution in [0.5, 0.6) is 0 Å². The third kappa shape index (κ3) is 3.43. The second-order valence-electron chi connectivity index (χ2n) is 5.26. The molecule has 0 aliphatic heterocycles. The molecule has 0 fully saturated rings. The summed E-state index contributed by atoms with van der Waals surface area (Å²) in [6.45, 7) is -0.362.